The Balaban J connectivity index is 1.36. The number of para-hydroxylation sites is 1. The van der Waals surface area contributed by atoms with Crippen LogP contribution in [0.2, 0.25) is 0 Å². The Bertz CT molecular complexity index is 1980. The predicted octanol–water partition coefficient (Wildman–Crippen LogP) is 4.41. The monoisotopic (exact) mass is 640 g/mol. The fourth-order valence-electron chi connectivity index (χ4n) is 5.64. The summed E-state index contributed by atoms with van der Waals surface area (Å²) in [5, 5.41) is 2.91. The first-order valence-corrected chi connectivity index (χ1v) is 16.0. The maximum atomic E-state index is 14.0. The Hall–Kier alpha value is -5.03. The molecule has 0 bridgehead atoms. The number of nitrogens with zero attached hydrogens (tertiary/aromatic N) is 3. The predicted molar refractivity (Wildman–Crippen MR) is 174 cm³/mol. The largest absolute Gasteiger partial charge is 0.490 e. The van der Waals surface area contributed by atoms with Gasteiger partial charge in [-0.1, -0.05) is 47.7 Å². The molecule has 1 fully saturated rings. The summed E-state index contributed by atoms with van der Waals surface area (Å²) in [5.74, 6) is 0.00131. The summed E-state index contributed by atoms with van der Waals surface area (Å²) in [7, 11) is 0. The van der Waals surface area contributed by atoms with Crippen LogP contribution < -0.4 is 29.7 Å². The van der Waals surface area contributed by atoms with Crippen molar-refractivity contribution in [1.29, 1.82) is 0 Å². The molecule has 3 heterocycles. The van der Waals surface area contributed by atoms with Gasteiger partial charge >= 0.3 is 0 Å². The highest BCUT2D eigenvalue weighted by atomic mass is 32.1. The maximum Gasteiger partial charge on any atom is 0.271 e. The summed E-state index contributed by atoms with van der Waals surface area (Å²) in [6, 6.07) is 19.2. The zero-order valence-electron chi connectivity index (χ0n) is 25.5. The van der Waals surface area contributed by atoms with Crippen LogP contribution in [0.25, 0.3) is 6.08 Å². The first kappa shape index (κ1) is 31.0. The molecule has 1 atom stereocenters. The number of nitrogens with one attached hydrogen (secondary N) is 1. The summed E-state index contributed by atoms with van der Waals surface area (Å²) in [6.45, 7) is 5.38. The number of hydrogen-bond acceptors (Lipinski definition) is 7. The van der Waals surface area contributed by atoms with Crippen molar-refractivity contribution in [3.8, 4) is 11.5 Å². The molecule has 0 radical (unpaired) electrons. The molecule has 1 N–H and O–H groups in total. The number of hydrogen-bond donors (Lipinski definition) is 1. The van der Waals surface area contributed by atoms with Crippen molar-refractivity contribution >= 4 is 34.9 Å². The topological polar surface area (TPSA) is 102 Å². The quantitative estimate of drug-likeness (QED) is 0.292. The number of fused-ring (bicyclic) bond motifs is 1. The first-order valence-electron chi connectivity index (χ1n) is 15.1. The Morgan fingerprint density at radius 1 is 1.02 bits per heavy atom. The number of amides is 2. The summed E-state index contributed by atoms with van der Waals surface area (Å²) < 4.78 is 27.5. The molecule has 46 heavy (non-hydrogen) atoms. The van der Waals surface area contributed by atoms with Gasteiger partial charge in [0, 0.05) is 18.8 Å². The van der Waals surface area contributed by atoms with Crippen molar-refractivity contribution in [2.24, 2.45) is 4.99 Å². The standard InChI is InChI=1S/C35H33FN4O5S/c1-3-44-28-19-23(11-16-27(28)45-21-30(41)39-17-7-8-18-39)20-29-34(43)40-32(24-12-14-25(36)15-13-24)31(22(2)37-35(40)46-29)33(42)38-26-9-5-4-6-10-26/h4-6,9-16,19-20,32H,3,7-8,17-18,21H2,1-2H3,(H,38,42)/b29-20+/t32-/m0/s1. The highest BCUT2D eigenvalue weighted by Crippen LogP contribution is 2.32. The van der Waals surface area contributed by atoms with Crippen molar-refractivity contribution in [1.82, 2.24) is 9.47 Å². The molecule has 0 aliphatic carbocycles. The number of ether oxygens (including phenoxy) is 2. The third-order valence-corrected chi connectivity index (χ3v) is 8.84. The van der Waals surface area contributed by atoms with E-state index in [4.69, 9.17) is 9.47 Å². The fraction of sp³-hybridized carbons (Fsp3) is 0.257. The minimum absolute atomic E-state index is 0.0621. The van der Waals surface area contributed by atoms with Crippen LogP contribution in [0.3, 0.4) is 0 Å². The number of thiazole rings is 1. The zero-order valence-corrected chi connectivity index (χ0v) is 26.3. The molecule has 9 nitrogen and oxygen atoms in total. The Morgan fingerprint density at radius 2 is 1.76 bits per heavy atom. The van der Waals surface area contributed by atoms with E-state index in [1.807, 2.05) is 25.1 Å². The van der Waals surface area contributed by atoms with Gasteiger partial charge in [-0.15, -0.1) is 0 Å². The zero-order chi connectivity index (χ0) is 32.2. The molecule has 2 amide bonds. The lowest BCUT2D eigenvalue weighted by Gasteiger charge is -2.25. The van der Waals surface area contributed by atoms with E-state index < -0.39 is 17.8 Å². The molecule has 1 aromatic heterocycles. The molecular weight excluding hydrogens is 607 g/mol. The average Bonchev–Trinajstić information content (AvgIpc) is 3.69. The second kappa shape index (κ2) is 13.5. The van der Waals surface area contributed by atoms with Crippen molar-refractivity contribution in [3.63, 3.8) is 0 Å². The number of carbonyl (C=O) groups is 2. The van der Waals surface area contributed by atoms with Crippen LogP contribution in [0.15, 0.2) is 93.9 Å². The van der Waals surface area contributed by atoms with Gasteiger partial charge in [-0.25, -0.2) is 9.38 Å². The molecule has 2 aliphatic heterocycles. The molecule has 11 heteroatoms. The van der Waals surface area contributed by atoms with Gasteiger partial charge in [0.2, 0.25) is 0 Å². The van der Waals surface area contributed by atoms with Gasteiger partial charge in [-0.3, -0.25) is 19.0 Å². The molecular formula is C35H33FN4O5S. The van der Waals surface area contributed by atoms with E-state index in [-0.39, 0.29) is 23.6 Å². The number of aromatic nitrogens is 1. The number of anilines is 1. The molecule has 0 unspecified atom stereocenters. The lowest BCUT2D eigenvalue weighted by Crippen LogP contribution is -2.40. The lowest BCUT2D eigenvalue weighted by atomic mass is 9.95. The van der Waals surface area contributed by atoms with Gasteiger partial charge in [0.05, 0.1) is 28.5 Å². The first-order chi connectivity index (χ1) is 22.3. The highest BCUT2D eigenvalue weighted by molar-refractivity contribution is 7.07. The molecule has 3 aromatic carbocycles. The average molecular weight is 641 g/mol. The van der Waals surface area contributed by atoms with Crippen LogP contribution in [0.5, 0.6) is 11.5 Å². The Labute approximate surface area is 268 Å². The molecule has 236 valence electrons. The van der Waals surface area contributed by atoms with E-state index >= 15 is 0 Å². The minimum atomic E-state index is -0.828. The van der Waals surface area contributed by atoms with Gasteiger partial charge in [0.15, 0.2) is 22.9 Å². The molecule has 1 saturated heterocycles. The fourth-order valence-corrected chi connectivity index (χ4v) is 6.69. The number of carbonyl (C=O) groups excluding carboxylic acids is 2. The van der Waals surface area contributed by atoms with E-state index in [0.29, 0.717) is 50.0 Å². The lowest BCUT2D eigenvalue weighted by molar-refractivity contribution is -0.132. The van der Waals surface area contributed by atoms with E-state index in [2.05, 4.69) is 10.3 Å². The summed E-state index contributed by atoms with van der Waals surface area (Å²) in [4.78, 5) is 47.1. The number of rotatable bonds is 9. The summed E-state index contributed by atoms with van der Waals surface area (Å²) in [5.41, 5.74) is 2.26. The van der Waals surface area contributed by atoms with Gasteiger partial charge < -0.3 is 19.7 Å². The normalized spacial score (nSPS) is 16.2. The number of likely N-dealkylation sites (tertiary alicyclic amines) is 1. The SMILES string of the molecule is CCOc1cc(/C=c2/sc3n(c2=O)[C@@H](c2ccc(F)cc2)C(C(=O)Nc2ccccc2)=C(C)N=3)ccc1OCC(=O)N1CCCC1. The molecule has 0 saturated carbocycles. The molecule has 6 rings (SSSR count). The van der Waals surface area contributed by atoms with Crippen LogP contribution in [0.1, 0.15) is 43.9 Å². The van der Waals surface area contributed by atoms with Crippen molar-refractivity contribution in [2.75, 3.05) is 31.6 Å². The van der Waals surface area contributed by atoms with Gasteiger partial charge in [-0.05, 0) is 80.3 Å². The van der Waals surface area contributed by atoms with E-state index in [0.717, 1.165) is 25.9 Å². The van der Waals surface area contributed by atoms with E-state index in [1.54, 1.807) is 60.4 Å². The second-order valence-corrected chi connectivity index (χ2v) is 12.0. The smallest absolute Gasteiger partial charge is 0.271 e. The van der Waals surface area contributed by atoms with Crippen LogP contribution in [-0.4, -0.2) is 47.6 Å². The van der Waals surface area contributed by atoms with Crippen LogP contribution in [0.4, 0.5) is 10.1 Å². The van der Waals surface area contributed by atoms with E-state index in [9.17, 15) is 18.8 Å². The van der Waals surface area contributed by atoms with Crippen LogP contribution in [-0.2, 0) is 9.59 Å². The van der Waals surface area contributed by atoms with Crippen molar-refractivity contribution in [3.05, 3.63) is 121 Å². The Kier molecular flexibility index (Phi) is 9.11. The van der Waals surface area contributed by atoms with Gasteiger partial charge in [-0.2, -0.15) is 0 Å². The molecule has 4 aromatic rings. The summed E-state index contributed by atoms with van der Waals surface area (Å²) >= 11 is 1.20. The molecule has 0 spiro atoms. The van der Waals surface area contributed by atoms with Gasteiger partial charge in [0.25, 0.3) is 17.4 Å². The van der Waals surface area contributed by atoms with Crippen molar-refractivity contribution in [2.45, 2.75) is 32.7 Å². The maximum absolute atomic E-state index is 14.0. The van der Waals surface area contributed by atoms with Crippen molar-refractivity contribution < 1.29 is 23.5 Å². The molecule has 2 aliphatic rings. The number of allylic oxidation sites excluding steroid dienone is 1. The van der Waals surface area contributed by atoms with Crippen LogP contribution >= 0.6 is 11.3 Å². The van der Waals surface area contributed by atoms with Crippen LogP contribution in [0, 0.1) is 5.82 Å². The van der Waals surface area contributed by atoms with E-state index in [1.165, 1.54) is 28.0 Å². The number of benzene rings is 3. The third kappa shape index (κ3) is 6.50. The van der Waals surface area contributed by atoms with Gasteiger partial charge in [0.1, 0.15) is 5.82 Å². The third-order valence-electron chi connectivity index (χ3n) is 7.86. The Morgan fingerprint density at radius 3 is 2.48 bits per heavy atom. The second-order valence-electron chi connectivity index (χ2n) is 11.0. The highest BCUT2D eigenvalue weighted by Gasteiger charge is 2.32. The minimum Gasteiger partial charge on any atom is -0.490 e. The number of halogens is 1. The summed E-state index contributed by atoms with van der Waals surface area (Å²) in [6.07, 6.45) is 3.74.